The number of nitrogens with one attached hydrogen (secondary N) is 1. The van der Waals surface area contributed by atoms with E-state index in [1.165, 1.54) is 11.3 Å². The zero-order chi connectivity index (χ0) is 9.42. The van der Waals surface area contributed by atoms with Crippen LogP contribution in [0.15, 0.2) is 11.2 Å². The summed E-state index contributed by atoms with van der Waals surface area (Å²) in [6, 6.07) is -0.660. The molecule has 2 amide bonds. The van der Waals surface area contributed by atoms with Crippen molar-refractivity contribution in [3.05, 3.63) is 16.1 Å². The van der Waals surface area contributed by atoms with Crippen molar-refractivity contribution in [3.63, 3.8) is 0 Å². The van der Waals surface area contributed by atoms with E-state index in [2.05, 4.69) is 15.3 Å². The Morgan fingerprint density at radius 3 is 2.92 bits per heavy atom. The highest BCUT2D eigenvalue weighted by molar-refractivity contribution is 7.11. The highest BCUT2D eigenvalue weighted by atomic mass is 32.1. The molecule has 0 saturated heterocycles. The lowest BCUT2D eigenvalue weighted by Gasteiger charge is -2.05. The molecule has 0 fully saturated rings. The number of aromatic nitrogens is 1. The van der Waals surface area contributed by atoms with Crippen LogP contribution in [0.4, 0.5) is 4.79 Å². The molecule has 0 saturated carbocycles. The van der Waals surface area contributed by atoms with E-state index in [0.717, 1.165) is 9.88 Å². The average Bonchev–Trinajstić information content (AvgIpc) is 2.58. The second kappa shape index (κ2) is 2.81. The molecule has 1 aliphatic rings. The molecule has 0 radical (unpaired) electrons. The Morgan fingerprint density at radius 2 is 2.46 bits per heavy atom. The molecule has 1 atom stereocenters. The van der Waals surface area contributed by atoms with Gasteiger partial charge in [0, 0.05) is 6.20 Å². The molecule has 68 valence electrons. The van der Waals surface area contributed by atoms with Crippen molar-refractivity contribution in [2.24, 2.45) is 10.7 Å². The molecule has 0 aliphatic carbocycles. The maximum Gasteiger partial charge on any atom is 0.343 e. The van der Waals surface area contributed by atoms with Gasteiger partial charge >= 0.3 is 6.03 Å². The molecule has 5 nitrogen and oxygen atoms in total. The monoisotopic (exact) mass is 196 g/mol. The van der Waals surface area contributed by atoms with E-state index in [0.29, 0.717) is 5.84 Å². The Morgan fingerprint density at radius 1 is 1.69 bits per heavy atom. The van der Waals surface area contributed by atoms with E-state index >= 15 is 0 Å². The van der Waals surface area contributed by atoms with E-state index in [9.17, 15) is 4.79 Å². The maximum atomic E-state index is 10.8. The fourth-order valence-corrected chi connectivity index (χ4v) is 1.99. The first-order chi connectivity index (χ1) is 6.16. The first kappa shape index (κ1) is 8.18. The maximum absolute atomic E-state index is 10.8. The van der Waals surface area contributed by atoms with Crippen molar-refractivity contribution < 1.29 is 4.79 Å². The topological polar surface area (TPSA) is 80.4 Å². The lowest BCUT2D eigenvalue weighted by atomic mass is 10.2. The number of amides is 2. The van der Waals surface area contributed by atoms with E-state index in [4.69, 9.17) is 5.73 Å². The Bertz CT molecular complexity index is 384. The number of aryl methyl sites for hydroxylation is 1. The van der Waals surface area contributed by atoms with E-state index < -0.39 is 0 Å². The normalized spacial score (nSPS) is 21.5. The van der Waals surface area contributed by atoms with Gasteiger partial charge in [-0.15, -0.1) is 11.3 Å². The lowest BCUT2D eigenvalue weighted by molar-refractivity contribution is 0.250. The van der Waals surface area contributed by atoms with Crippen molar-refractivity contribution >= 4 is 23.2 Å². The summed E-state index contributed by atoms with van der Waals surface area (Å²) in [7, 11) is 0. The molecule has 1 aromatic heterocycles. The van der Waals surface area contributed by atoms with Gasteiger partial charge in [0.15, 0.2) is 0 Å². The fourth-order valence-electron chi connectivity index (χ4n) is 1.14. The quantitative estimate of drug-likeness (QED) is 0.689. The number of nitrogens with zero attached hydrogens (tertiary/aromatic N) is 2. The van der Waals surface area contributed by atoms with Crippen molar-refractivity contribution in [2.75, 3.05) is 0 Å². The van der Waals surface area contributed by atoms with Crippen LogP contribution >= 0.6 is 11.3 Å². The van der Waals surface area contributed by atoms with Gasteiger partial charge in [-0.3, -0.25) is 0 Å². The molecule has 0 bridgehead atoms. The van der Waals surface area contributed by atoms with Crippen molar-refractivity contribution in [2.45, 2.75) is 13.0 Å². The van der Waals surface area contributed by atoms with Crippen LogP contribution in [0.25, 0.3) is 0 Å². The molecule has 1 aromatic rings. The van der Waals surface area contributed by atoms with Crippen molar-refractivity contribution in [1.82, 2.24) is 10.3 Å². The summed E-state index contributed by atoms with van der Waals surface area (Å²) in [5, 5.41) is 3.58. The molecular formula is C7H8N4OS. The van der Waals surface area contributed by atoms with Gasteiger partial charge in [0.1, 0.15) is 11.9 Å². The Hall–Kier alpha value is -1.43. The van der Waals surface area contributed by atoms with Gasteiger partial charge in [-0.25, -0.2) is 9.78 Å². The number of urea groups is 1. The minimum Gasteiger partial charge on any atom is -0.385 e. The second-order valence-corrected chi connectivity index (χ2v) is 3.97. The summed E-state index contributed by atoms with van der Waals surface area (Å²) in [5.41, 5.74) is 5.56. The van der Waals surface area contributed by atoms with Crippen LogP contribution in [0.1, 0.15) is 15.9 Å². The van der Waals surface area contributed by atoms with Gasteiger partial charge in [-0.2, -0.15) is 4.99 Å². The smallest absolute Gasteiger partial charge is 0.343 e. The van der Waals surface area contributed by atoms with Crippen LogP contribution in [0, 0.1) is 6.92 Å². The van der Waals surface area contributed by atoms with Crippen LogP contribution in [-0.4, -0.2) is 16.9 Å². The zero-order valence-corrected chi connectivity index (χ0v) is 7.76. The average molecular weight is 196 g/mol. The summed E-state index contributed by atoms with van der Waals surface area (Å²) in [6.07, 6.45) is 1.71. The van der Waals surface area contributed by atoms with Gasteiger partial charge < -0.3 is 11.1 Å². The van der Waals surface area contributed by atoms with Gasteiger partial charge in [0.25, 0.3) is 0 Å². The number of rotatable bonds is 1. The highest BCUT2D eigenvalue weighted by Crippen LogP contribution is 2.22. The Labute approximate surface area is 78.7 Å². The van der Waals surface area contributed by atoms with E-state index in [-0.39, 0.29) is 12.1 Å². The van der Waals surface area contributed by atoms with Crippen LogP contribution in [-0.2, 0) is 0 Å². The highest BCUT2D eigenvalue weighted by Gasteiger charge is 2.26. The fraction of sp³-hybridized carbons (Fsp3) is 0.286. The summed E-state index contributed by atoms with van der Waals surface area (Å²) in [5.74, 6) is 0.314. The molecule has 0 spiro atoms. The van der Waals surface area contributed by atoms with Crippen LogP contribution in [0.5, 0.6) is 0 Å². The number of carbonyl (C=O) groups excluding carboxylic acids is 1. The molecule has 0 aromatic carbocycles. The first-order valence-corrected chi connectivity index (χ1v) is 4.55. The minimum absolute atomic E-state index is 0.279. The number of nitrogens with two attached hydrogens (primary N) is 1. The molecule has 13 heavy (non-hydrogen) atoms. The molecule has 1 aliphatic heterocycles. The van der Waals surface area contributed by atoms with Crippen LogP contribution in [0.3, 0.4) is 0 Å². The van der Waals surface area contributed by atoms with Crippen LogP contribution in [0.2, 0.25) is 0 Å². The summed E-state index contributed by atoms with van der Waals surface area (Å²) < 4.78 is 0. The minimum atomic E-state index is -0.381. The molecule has 3 N–H and O–H groups in total. The second-order valence-electron chi connectivity index (χ2n) is 2.70. The number of hydrogen-bond donors (Lipinski definition) is 2. The summed E-state index contributed by atoms with van der Waals surface area (Å²) in [4.78, 5) is 19.4. The third kappa shape index (κ3) is 1.40. The Balaban J connectivity index is 2.29. The van der Waals surface area contributed by atoms with Gasteiger partial charge in [0.2, 0.25) is 0 Å². The number of amidine groups is 1. The standard InChI is InChI=1S/C7H8N4OS/c1-3-9-2-4(13-3)5-6(8)11-7(12)10-5/h2,5H,1H3,(H3,8,10,11,12). The number of hydrogen-bond acceptors (Lipinski definition) is 4. The van der Waals surface area contributed by atoms with Crippen LogP contribution < -0.4 is 11.1 Å². The third-order valence-electron chi connectivity index (χ3n) is 1.72. The zero-order valence-electron chi connectivity index (χ0n) is 6.94. The van der Waals surface area contributed by atoms with Crippen molar-refractivity contribution in [3.8, 4) is 0 Å². The van der Waals surface area contributed by atoms with Gasteiger partial charge in [-0.1, -0.05) is 0 Å². The SMILES string of the molecule is Cc1ncc(C2NC(=O)N=C2N)s1. The van der Waals surface area contributed by atoms with Crippen molar-refractivity contribution in [1.29, 1.82) is 0 Å². The predicted molar refractivity (Wildman–Crippen MR) is 49.7 cm³/mol. The molecule has 2 rings (SSSR count). The molecule has 2 heterocycles. The molecular weight excluding hydrogens is 188 g/mol. The first-order valence-electron chi connectivity index (χ1n) is 3.73. The van der Waals surface area contributed by atoms with Gasteiger partial charge in [0.05, 0.1) is 9.88 Å². The lowest BCUT2D eigenvalue weighted by Crippen LogP contribution is -2.26. The predicted octanol–water partition coefficient (Wildman–Crippen LogP) is 0.573. The van der Waals surface area contributed by atoms with E-state index in [1.54, 1.807) is 6.20 Å². The molecule has 6 heteroatoms. The summed E-state index contributed by atoms with van der Waals surface area (Å²) in [6.45, 7) is 1.90. The number of aliphatic imine (C=N–C) groups is 1. The molecule has 1 unspecified atom stereocenters. The largest absolute Gasteiger partial charge is 0.385 e. The Kier molecular flexibility index (Phi) is 1.77. The summed E-state index contributed by atoms with van der Waals surface area (Å²) >= 11 is 1.50. The number of thiazole rings is 1. The van der Waals surface area contributed by atoms with Gasteiger partial charge in [-0.05, 0) is 6.92 Å². The van der Waals surface area contributed by atoms with E-state index in [1.807, 2.05) is 6.92 Å². The number of carbonyl (C=O) groups is 1. The third-order valence-corrected chi connectivity index (χ3v) is 2.70.